The molecule has 96 valence electrons. The Bertz CT molecular complexity index is 480. The zero-order chi connectivity index (χ0) is 13.7. The van der Waals surface area contributed by atoms with Gasteiger partial charge in [-0.2, -0.15) is 0 Å². The Morgan fingerprint density at radius 3 is 2.61 bits per heavy atom. The topological polar surface area (TPSA) is 32.3 Å². The van der Waals surface area contributed by atoms with Gasteiger partial charge in [0, 0.05) is 11.7 Å². The Morgan fingerprint density at radius 1 is 1.44 bits per heavy atom. The van der Waals surface area contributed by atoms with Crippen LogP contribution in [0.5, 0.6) is 0 Å². The van der Waals surface area contributed by atoms with Crippen molar-refractivity contribution < 1.29 is 4.79 Å². The maximum atomic E-state index is 12.0. The first-order valence-electron chi connectivity index (χ1n) is 5.42. The number of carbonyl (C=O) groups is 1. The highest BCUT2D eigenvalue weighted by Gasteiger charge is 2.15. The highest BCUT2D eigenvalue weighted by atomic mass is 35.5. The number of benzene rings is 1. The fraction of sp³-hybridized carbons (Fsp3) is 0.308. The van der Waals surface area contributed by atoms with Gasteiger partial charge < -0.3 is 10.2 Å². The van der Waals surface area contributed by atoms with Gasteiger partial charge in [0.1, 0.15) is 0 Å². The van der Waals surface area contributed by atoms with Crippen LogP contribution in [0.25, 0.3) is 0 Å². The molecule has 0 unspecified atom stereocenters. The number of hydrogen-bond acceptors (Lipinski definition) is 1. The molecule has 0 fully saturated rings. The number of rotatable bonds is 3. The van der Waals surface area contributed by atoms with E-state index >= 15 is 0 Å². The average Bonchev–Trinajstić information content (AvgIpc) is 2.30. The molecule has 18 heavy (non-hydrogen) atoms. The SMILES string of the molecule is C#CCN(C(=O)Nc1ccc(Cl)c(Cl)c1)C(C)C. The number of urea groups is 1. The Hall–Kier alpha value is -1.37. The highest BCUT2D eigenvalue weighted by molar-refractivity contribution is 6.42. The van der Waals surface area contributed by atoms with Crippen LogP contribution in [0.4, 0.5) is 10.5 Å². The summed E-state index contributed by atoms with van der Waals surface area (Å²) in [4.78, 5) is 13.5. The molecule has 1 aromatic rings. The van der Waals surface area contributed by atoms with E-state index in [0.717, 1.165) is 0 Å². The maximum absolute atomic E-state index is 12.0. The predicted octanol–water partition coefficient (Wildman–Crippen LogP) is 3.87. The van der Waals surface area contributed by atoms with Gasteiger partial charge in [0.25, 0.3) is 0 Å². The van der Waals surface area contributed by atoms with Crippen molar-refractivity contribution in [1.82, 2.24) is 4.90 Å². The van der Waals surface area contributed by atoms with Crippen molar-refractivity contribution in [3.05, 3.63) is 28.2 Å². The third-order valence-corrected chi connectivity index (χ3v) is 3.06. The molecule has 1 rings (SSSR count). The lowest BCUT2D eigenvalue weighted by Gasteiger charge is -2.24. The van der Waals surface area contributed by atoms with Crippen LogP contribution in [0.3, 0.4) is 0 Å². The lowest BCUT2D eigenvalue weighted by Crippen LogP contribution is -2.40. The second kappa shape index (κ2) is 6.53. The third-order valence-electron chi connectivity index (χ3n) is 2.32. The quantitative estimate of drug-likeness (QED) is 0.840. The largest absolute Gasteiger partial charge is 0.322 e. The molecule has 1 aromatic carbocycles. The summed E-state index contributed by atoms with van der Waals surface area (Å²) in [6, 6.07) is 4.65. The molecule has 0 heterocycles. The molecule has 0 aliphatic heterocycles. The number of amides is 2. The number of hydrogen-bond donors (Lipinski definition) is 1. The molecule has 0 saturated carbocycles. The second-order valence-corrected chi connectivity index (χ2v) is 4.80. The molecule has 0 atom stereocenters. The van der Waals surface area contributed by atoms with Gasteiger partial charge in [-0.3, -0.25) is 0 Å². The number of terminal acetylenes is 1. The van der Waals surface area contributed by atoms with Crippen molar-refractivity contribution in [3.8, 4) is 12.3 Å². The summed E-state index contributed by atoms with van der Waals surface area (Å²) in [7, 11) is 0. The number of halogens is 2. The summed E-state index contributed by atoms with van der Waals surface area (Å²) in [5.74, 6) is 2.45. The number of carbonyl (C=O) groups excluding carboxylic acids is 1. The molecule has 0 aliphatic carbocycles. The van der Waals surface area contributed by atoms with Crippen LogP contribution in [0.2, 0.25) is 10.0 Å². The number of nitrogens with one attached hydrogen (secondary N) is 1. The van der Waals surface area contributed by atoms with Crippen molar-refractivity contribution >= 4 is 34.9 Å². The third kappa shape index (κ3) is 3.83. The lowest BCUT2D eigenvalue weighted by molar-refractivity contribution is 0.205. The van der Waals surface area contributed by atoms with Crippen molar-refractivity contribution in [3.63, 3.8) is 0 Å². The summed E-state index contributed by atoms with van der Waals surface area (Å²) in [6.45, 7) is 4.04. The van der Waals surface area contributed by atoms with Gasteiger partial charge >= 0.3 is 6.03 Å². The number of anilines is 1. The smallest absolute Gasteiger partial charge is 0.311 e. The van der Waals surface area contributed by atoms with Crippen LogP contribution in [0, 0.1) is 12.3 Å². The molecule has 0 radical (unpaired) electrons. The van der Waals surface area contributed by atoms with Crippen molar-refractivity contribution in [1.29, 1.82) is 0 Å². The van der Waals surface area contributed by atoms with Crippen LogP contribution in [0.15, 0.2) is 18.2 Å². The lowest BCUT2D eigenvalue weighted by atomic mass is 10.3. The van der Waals surface area contributed by atoms with E-state index in [1.807, 2.05) is 13.8 Å². The van der Waals surface area contributed by atoms with E-state index in [9.17, 15) is 4.79 Å². The summed E-state index contributed by atoms with van der Waals surface area (Å²) in [5.41, 5.74) is 0.581. The Kier molecular flexibility index (Phi) is 5.33. The van der Waals surface area contributed by atoms with Gasteiger partial charge in [-0.15, -0.1) is 6.42 Å². The van der Waals surface area contributed by atoms with E-state index in [2.05, 4.69) is 11.2 Å². The van der Waals surface area contributed by atoms with Gasteiger partial charge in [-0.05, 0) is 32.0 Å². The molecule has 5 heteroatoms. The molecule has 0 spiro atoms. The van der Waals surface area contributed by atoms with Crippen molar-refractivity contribution in [2.45, 2.75) is 19.9 Å². The van der Waals surface area contributed by atoms with Crippen molar-refractivity contribution in [2.75, 3.05) is 11.9 Å². The standard InChI is InChI=1S/C13H14Cl2N2O/c1-4-7-17(9(2)3)13(18)16-10-5-6-11(14)12(15)8-10/h1,5-6,8-9H,7H2,2-3H3,(H,16,18). The predicted molar refractivity (Wildman–Crippen MR) is 76.2 cm³/mol. The minimum atomic E-state index is -0.263. The Morgan fingerprint density at radius 2 is 2.11 bits per heavy atom. The molecule has 0 bridgehead atoms. The molecule has 0 aliphatic rings. The first-order chi connectivity index (χ1) is 8.45. The Labute approximate surface area is 117 Å². The van der Waals surface area contributed by atoms with Crippen LogP contribution in [-0.4, -0.2) is 23.5 Å². The molecule has 2 amide bonds. The summed E-state index contributed by atoms with van der Waals surface area (Å²) < 4.78 is 0. The van der Waals surface area contributed by atoms with E-state index in [4.69, 9.17) is 29.6 Å². The molecule has 3 nitrogen and oxygen atoms in total. The van der Waals surface area contributed by atoms with Gasteiger partial charge in [-0.25, -0.2) is 4.79 Å². The maximum Gasteiger partial charge on any atom is 0.322 e. The zero-order valence-corrected chi connectivity index (χ0v) is 11.7. The molecule has 0 saturated heterocycles. The molecular weight excluding hydrogens is 271 g/mol. The molecule has 0 aromatic heterocycles. The summed E-state index contributed by atoms with van der Waals surface area (Å²) >= 11 is 11.7. The van der Waals surface area contributed by atoms with Crippen LogP contribution in [0.1, 0.15) is 13.8 Å². The second-order valence-electron chi connectivity index (χ2n) is 3.98. The van der Waals surface area contributed by atoms with Gasteiger partial charge in [0.2, 0.25) is 0 Å². The summed E-state index contributed by atoms with van der Waals surface area (Å²) in [5, 5.41) is 3.56. The minimum absolute atomic E-state index is 0.0174. The van der Waals surface area contributed by atoms with Crippen LogP contribution < -0.4 is 5.32 Å². The monoisotopic (exact) mass is 284 g/mol. The van der Waals surface area contributed by atoms with Crippen LogP contribution >= 0.6 is 23.2 Å². The zero-order valence-electron chi connectivity index (χ0n) is 10.2. The molecule has 1 N–H and O–H groups in total. The van der Waals surface area contributed by atoms with Gasteiger partial charge in [0.15, 0.2) is 0 Å². The van der Waals surface area contributed by atoms with E-state index in [-0.39, 0.29) is 18.6 Å². The van der Waals surface area contributed by atoms with Crippen LogP contribution in [-0.2, 0) is 0 Å². The van der Waals surface area contributed by atoms with Gasteiger partial charge in [-0.1, -0.05) is 29.1 Å². The van der Waals surface area contributed by atoms with E-state index in [1.165, 1.54) is 0 Å². The Balaban J connectivity index is 2.80. The normalized spacial score (nSPS) is 10.0. The average molecular weight is 285 g/mol. The van der Waals surface area contributed by atoms with E-state index in [1.54, 1.807) is 23.1 Å². The van der Waals surface area contributed by atoms with E-state index < -0.39 is 0 Å². The first-order valence-corrected chi connectivity index (χ1v) is 6.17. The fourth-order valence-corrected chi connectivity index (χ4v) is 1.65. The summed E-state index contributed by atoms with van der Waals surface area (Å²) in [6.07, 6.45) is 5.23. The van der Waals surface area contributed by atoms with E-state index in [0.29, 0.717) is 15.7 Å². The number of nitrogens with zero attached hydrogens (tertiary/aromatic N) is 1. The molecular formula is C13H14Cl2N2O. The minimum Gasteiger partial charge on any atom is -0.311 e. The van der Waals surface area contributed by atoms with Crippen molar-refractivity contribution in [2.24, 2.45) is 0 Å². The van der Waals surface area contributed by atoms with Gasteiger partial charge in [0.05, 0.1) is 16.6 Å². The highest BCUT2D eigenvalue weighted by Crippen LogP contribution is 2.25. The fourth-order valence-electron chi connectivity index (χ4n) is 1.36. The first kappa shape index (κ1) is 14.7.